The summed E-state index contributed by atoms with van der Waals surface area (Å²) in [5.74, 6) is -6.48. The second-order valence-corrected chi connectivity index (χ2v) is 20.8. The molecule has 5 atom stereocenters. The third-order valence-corrected chi connectivity index (χ3v) is 12.9. The summed E-state index contributed by atoms with van der Waals surface area (Å²) in [7, 11) is -10.6. The van der Waals surface area contributed by atoms with Gasteiger partial charge in [0.2, 0.25) is 0 Å². The van der Waals surface area contributed by atoms with Crippen LogP contribution in [0.4, 0.5) is 0 Å². The van der Waals surface area contributed by atoms with E-state index in [1.807, 2.05) is 148 Å². The number of ether oxygens (including phenoxy) is 2. The molecule has 2 rings (SSSR count). The summed E-state index contributed by atoms with van der Waals surface area (Å²) in [4.78, 5) is 46.7. The average Bonchev–Trinajstić information content (AvgIpc) is 3.12. The molecule has 0 saturated heterocycles. The Morgan fingerprint density at radius 2 is 1.07 bits per heavy atom. The number of carboxylic acids is 2. The van der Waals surface area contributed by atoms with Gasteiger partial charge in [-0.25, -0.2) is 16.8 Å². The molecule has 0 amide bonds. The van der Waals surface area contributed by atoms with Crippen molar-refractivity contribution >= 4 is 44.1 Å². The predicted octanol–water partition coefficient (Wildman–Crippen LogP) is -6.37. The van der Waals surface area contributed by atoms with Crippen LogP contribution in [0.2, 0.25) is 0 Å². The van der Waals surface area contributed by atoms with Crippen molar-refractivity contribution < 1.29 is 183 Å². The average molecular weight is 1020 g/mol. The first-order chi connectivity index (χ1) is 29.4. The quantitative estimate of drug-likeness (QED) is 0.0362. The molecular formula is C48H60Na4O14S2. The van der Waals surface area contributed by atoms with Crippen molar-refractivity contribution in [2.45, 2.75) is 124 Å². The smallest absolute Gasteiger partial charge is 0.747 e. The summed E-state index contributed by atoms with van der Waals surface area (Å²) in [5, 5.41) is 17.1. The van der Waals surface area contributed by atoms with E-state index in [1.54, 1.807) is 6.08 Å². The summed E-state index contributed by atoms with van der Waals surface area (Å²) in [6, 6.07) is 0. The second-order valence-electron chi connectivity index (χ2n) is 17.7. The fourth-order valence-corrected chi connectivity index (χ4v) is 8.75. The summed E-state index contributed by atoms with van der Waals surface area (Å²) in [5.41, 5.74) is 6.22. The molecule has 0 spiro atoms. The molecule has 0 aromatic rings. The largest absolute Gasteiger partial charge is 1.00 e. The molecule has 0 saturated carbocycles. The van der Waals surface area contributed by atoms with Crippen LogP contribution in [-0.4, -0.2) is 72.5 Å². The maximum Gasteiger partial charge on any atom is 1.00 e. The Hall–Kier alpha value is -1.16. The minimum Gasteiger partial charge on any atom is -0.747 e. The zero-order chi connectivity index (χ0) is 48.8. The topological polar surface area (TPSA) is 247 Å². The molecule has 0 aromatic heterocycles. The maximum absolute atomic E-state index is 12.3. The third-order valence-electron chi connectivity index (χ3n) is 10.8. The van der Waals surface area contributed by atoms with Gasteiger partial charge >= 0.3 is 130 Å². The Bertz CT molecular complexity index is 2360. The number of carbonyl (C=O) groups excluding carboxylic acids is 4. The molecule has 0 radical (unpaired) electrons. The molecule has 0 aromatic carbocycles. The molecule has 0 bridgehead atoms. The molecule has 352 valence electrons. The van der Waals surface area contributed by atoms with Crippen LogP contribution in [0, 0.1) is 16.7 Å². The third kappa shape index (κ3) is 25.5. The number of aliphatic carboxylic acids is 2. The summed E-state index contributed by atoms with van der Waals surface area (Å²) in [6.45, 7) is 19.7. The van der Waals surface area contributed by atoms with E-state index < -0.39 is 85.1 Å². The number of allylic oxidation sites excluding steroid dienone is 20. The standard InChI is InChI=1S/C48H64O14S2.4Na/c1-31(17-13-19-33(3)21-23-39-35(5)25-37(29-47(39,7)8)61-43(49)27-41(45(51)52)63(55,56)57)15-11-12-16-32(2)18-14-20-34(4)22-24-40-36(6)26-38(30-48(40,9)10)62-44(50)28-42(46(53)54)64(58,59)60;;;;/h11-25,37-39,41-42H,26-30H2,1-10H3,(H,51,52)(H,53,54)(H,55,56,57)(H,58,59,60);;;;/q;4*+1/p-4/b12-11+,17-13+,18-14+,23-21+,24-22+,31-15+,32-16+,33-19+,34-20+;;;;/t37-,38+,39-,41?,42?;;;;/m0..../s1. The maximum atomic E-state index is 12.3. The van der Waals surface area contributed by atoms with Gasteiger partial charge < -0.3 is 38.4 Å². The molecule has 0 aliphatic heterocycles. The minimum atomic E-state index is -5.28. The van der Waals surface area contributed by atoms with E-state index in [1.165, 1.54) is 0 Å². The van der Waals surface area contributed by atoms with Gasteiger partial charge in [-0.3, -0.25) is 9.59 Å². The normalized spacial score (nSPS) is 21.4. The molecule has 2 aliphatic carbocycles. The molecule has 0 N–H and O–H groups in total. The van der Waals surface area contributed by atoms with Crippen molar-refractivity contribution in [3.63, 3.8) is 0 Å². The van der Waals surface area contributed by atoms with Gasteiger partial charge in [0.15, 0.2) is 0 Å². The second kappa shape index (κ2) is 32.1. The Labute approximate surface area is 492 Å². The monoisotopic (exact) mass is 1020 g/mol. The molecule has 14 nitrogen and oxygen atoms in total. The van der Waals surface area contributed by atoms with Crippen LogP contribution in [0.25, 0.3) is 0 Å². The van der Waals surface area contributed by atoms with Crippen LogP contribution in [0.1, 0.15) is 101 Å². The molecular weight excluding hydrogens is 957 g/mol. The van der Waals surface area contributed by atoms with Gasteiger partial charge in [0.1, 0.15) is 32.4 Å². The van der Waals surface area contributed by atoms with Gasteiger partial charge in [-0.1, -0.05) is 146 Å². The minimum absolute atomic E-state index is 0. The van der Waals surface area contributed by atoms with E-state index in [-0.39, 0.29) is 130 Å². The van der Waals surface area contributed by atoms with Crippen LogP contribution >= 0.6 is 0 Å². The van der Waals surface area contributed by atoms with Gasteiger partial charge in [-0.15, -0.1) is 0 Å². The first kappa shape index (κ1) is 71.1. The SMILES string of the molecule is CC1=C[C@H](OC(=O)CC(C(=O)[O-])S(=O)(=O)[O-])CC(C)(C)[C@H]1/C=C/C(C)=C/C=C/C(C)=C/C=C/C=C(C)/C=C/C=C(C)/C=C/C1=C(C)C[C@@H](OC(=O)CC(C(=O)[O-])S(=O)(=O)[O-])CC1(C)C.[Na+].[Na+].[Na+].[Na+]. The van der Waals surface area contributed by atoms with Crippen molar-refractivity contribution in [3.05, 3.63) is 130 Å². The summed E-state index contributed by atoms with van der Waals surface area (Å²) < 4.78 is 77.9. The fourth-order valence-electron chi connectivity index (χ4n) is 7.60. The zero-order valence-electron chi connectivity index (χ0n) is 42.1. The van der Waals surface area contributed by atoms with Crippen LogP contribution in [0.5, 0.6) is 0 Å². The number of esters is 2. The van der Waals surface area contributed by atoms with Gasteiger partial charge in [0.05, 0.1) is 35.3 Å². The molecule has 2 unspecified atom stereocenters. The van der Waals surface area contributed by atoms with E-state index in [4.69, 9.17) is 9.47 Å². The van der Waals surface area contributed by atoms with Crippen LogP contribution < -0.4 is 128 Å². The van der Waals surface area contributed by atoms with E-state index in [0.717, 1.165) is 39.0 Å². The summed E-state index contributed by atoms with van der Waals surface area (Å²) in [6.07, 6.45) is 27.2. The van der Waals surface area contributed by atoms with E-state index in [9.17, 15) is 55.3 Å². The molecule has 0 fully saturated rings. The number of carbonyl (C=O) groups is 4. The van der Waals surface area contributed by atoms with E-state index in [0.29, 0.717) is 19.3 Å². The van der Waals surface area contributed by atoms with Crippen LogP contribution in [-0.2, 0) is 48.9 Å². The number of hydrogen-bond acceptors (Lipinski definition) is 14. The predicted molar refractivity (Wildman–Crippen MR) is 238 cm³/mol. The number of hydrogen-bond donors (Lipinski definition) is 0. The molecule has 2 aliphatic rings. The molecule has 0 heterocycles. The van der Waals surface area contributed by atoms with Crippen LogP contribution in [0.15, 0.2) is 130 Å². The zero-order valence-corrected chi connectivity index (χ0v) is 51.7. The van der Waals surface area contributed by atoms with Gasteiger partial charge in [0, 0.05) is 12.3 Å². The van der Waals surface area contributed by atoms with E-state index in [2.05, 4.69) is 6.08 Å². The van der Waals surface area contributed by atoms with Crippen molar-refractivity contribution in [3.8, 4) is 0 Å². The Morgan fingerprint density at radius 1 is 0.662 bits per heavy atom. The number of carboxylic acid groups (broad SMARTS) is 2. The van der Waals surface area contributed by atoms with Gasteiger partial charge in [-0.2, -0.15) is 0 Å². The Balaban J connectivity index is -0.0000106. The first-order valence-electron chi connectivity index (χ1n) is 20.6. The van der Waals surface area contributed by atoms with E-state index >= 15 is 0 Å². The van der Waals surface area contributed by atoms with Crippen molar-refractivity contribution in [1.82, 2.24) is 0 Å². The molecule has 68 heavy (non-hydrogen) atoms. The first-order valence-corrected chi connectivity index (χ1v) is 23.5. The van der Waals surface area contributed by atoms with Crippen molar-refractivity contribution in [2.24, 2.45) is 16.7 Å². The molecule has 20 heteroatoms. The Morgan fingerprint density at radius 3 is 1.49 bits per heavy atom. The van der Waals surface area contributed by atoms with Crippen molar-refractivity contribution in [1.29, 1.82) is 0 Å². The number of rotatable bonds is 20. The van der Waals surface area contributed by atoms with Crippen LogP contribution in [0.3, 0.4) is 0 Å². The Kier molecular flexibility index (Phi) is 33.6. The van der Waals surface area contributed by atoms with Gasteiger partial charge in [-0.05, 0) is 76.9 Å². The van der Waals surface area contributed by atoms with Gasteiger partial charge in [0.25, 0.3) is 0 Å². The summed E-state index contributed by atoms with van der Waals surface area (Å²) >= 11 is 0. The van der Waals surface area contributed by atoms with Crippen molar-refractivity contribution in [2.75, 3.05) is 0 Å². The fraction of sp³-hybridized carbons (Fsp3) is 0.458.